The summed E-state index contributed by atoms with van der Waals surface area (Å²) in [5, 5.41) is 7.56. The van der Waals surface area contributed by atoms with E-state index in [2.05, 4.69) is 15.3 Å². The Labute approximate surface area is 108 Å². The van der Waals surface area contributed by atoms with Gasteiger partial charge in [0.1, 0.15) is 5.82 Å². The third kappa shape index (κ3) is 2.51. The summed E-state index contributed by atoms with van der Waals surface area (Å²) in [4.78, 5) is 2.12. The molecule has 2 heterocycles. The van der Waals surface area contributed by atoms with Gasteiger partial charge in [0.05, 0.1) is 17.2 Å². The Balaban J connectivity index is 2.28. The molecule has 7 heteroatoms. The molecule has 0 aromatic carbocycles. The SMILES string of the molecule is CNCc1c(C)nn(C)c1N1CCS(=O)(=O)CC1. The van der Waals surface area contributed by atoms with E-state index in [-0.39, 0.29) is 11.5 Å². The van der Waals surface area contributed by atoms with Crippen LogP contribution in [0.15, 0.2) is 0 Å². The molecule has 1 aromatic rings. The van der Waals surface area contributed by atoms with Crippen LogP contribution in [0.4, 0.5) is 5.82 Å². The van der Waals surface area contributed by atoms with Gasteiger partial charge in [0.2, 0.25) is 0 Å². The topological polar surface area (TPSA) is 67.2 Å². The zero-order valence-corrected chi connectivity index (χ0v) is 11.9. The lowest BCUT2D eigenvalue weighted by molar-refractivity contribution is 0.584. The molecule has 1 aliphatic heterocycles. The molecule has 1 aliphatic rings. The number of hydrogen-bond donors (Lipinski definition) is 1. The van der Waals surface area contributed by atoms with E-state index in [1.807, 2.05) is 25.7 Å². The molecule has 0 radical (unpaired) electrons. The van der Waals surface area contributed by atoms with Crippen molar-refractivity contribution in [1.29, 1.82) is 0 Å². The van der Waals surface area contributed by atoms with E-state index in [9.17, 15) is 8.42 Å². The summed E-state index contributed by atoms with van der Waals surface area (Å²) in [5.41, 5.74) is 2.15. The van der Waals surface area contributed by atoms with Crippen molar-refractivity contribution < 1.29 is 8.42 Å². The second-order valence-corrected chi connectivity index (χ2v) is 6.98. The van der Waals surface area contributed by atoms with Crippen molar-refractivity contribution in [3.8, 4) is 0 Å². The van der Waals surface area contributed by atoms with Crippen molar-refractivity contribution >= 4 is 15.7 Å². The summed E-state index contributed by atoms with van der Waals surface area (Å²) in [6.07, 6.45) is 0. The van der Waals surface area contributed by atoms with Gasteiger partial charge in [-0.25, -0.2) is 8.42 Å². The highest BCUT2D eigenvalue weighted by atomic mass is 32.2. The van der Waals surface area contributed by atoms with Gasteiger partial charge in [-0.1, -0.05) is 0 Å². The maximum Gasteiger partial charge on any atom is 0.153 e. The molecule has 0 saturated carbocycles. The van der Waals surface area contributed by atoms with E-state index in [0.717, 1.165) is 23.6 Å². The first-order chi connectivity index (χ1) is 8.44. The van der Waals surface area contributed by atoms with Gasteiger partial charge in [-0.2, -0.15) is 5.10 Å². The summed E-state index contributed by atoms with van der Waals surface area (Å²) in [6, 6.07) is 0. The van der Waals surface area contributed by atoms with Gasteiger partial charge in [0, 0.05) is 32.2 Å². The molecule has 0 amide bonds. The number of hydrogen-bond acceptors (Lipinski definition) is 5. The van der Waals surface area contributed by atoms with Gasteiger partial charge in [-0.3, -0.25) is 4.68 Å². The zero-order chi connectivity index (χ0) is 13.3. The molecule has 18 heavy (non-hydrogen) atoms. The van der Waals surface area contributed by atoms with Gasteiger partial charge < -0.3 is 10.2 Å². The predicted octanol–water partition coefficient (Wildman–Crippen LogP) is -0.317. The number of nitrogens with zero attached hydrogens (tertiary/aromatic N) is 3. The van der Waals surface area contributed by atoms with Crippen molar-refractivity contribution in [2.75, 3.05) is 36.5 Å². The van der Waals surface area contributed by atoms with Gasteiger partial charge >= 0.3 is 0 Å². The van der Waals surface area contributed by atoms with Crippen LogP contribution in [-0.4, -0.2) is 49.8 Å². The van der Waals surface area contributed by atoms with Crippen LogP contribution in [0.25, 0.3) is 0 Å². The summed E-state index contributed by atoms with van der Waals surface area (Å²) in [5.74, 6) is 1.50. The molecule has 102 valence electrons. The number of sulfone groups is 1. The minimum atomic E-state index is -2.84. The van der Waals surface area contributed by atoms with E-state index in [1.54, 1.807) is 0 Å². The van der Waals surface area contributed by atoms with Crippen molar-refractivity contribution in [1.82, 2.24) is 15.1 Å². The van der Waals surface area contributed by atoms with Crippen LogP contribution >= 0.6 is 0 Å². The fourth-order valence-electron chi connectivity index (χ4n) is 2.39. The van der Waals surface area contributed by atoms with Gasteiger partial charge in [-0.15, -0.1) is 0 Å². The molecule has 1 fully saturated rings. The molecular formula is C11H20N4O2S. The first-order valence-electron chi connectivity index (χ1n) is 6.07. The Hall–Kier alpha value is -1.08. The quantitative estimate of drug-likeness (QED) is 0.817. The Bertz CT molecular complexity index is 521. The summed E-state index contributed by atoms with van der Waals surface area (Å²) < 4.78 is 24.8. The maximum atomic E-state index is 11.5. The van der Waals surface area contributed by atoms with Crippen LogP contribution in [0.5, 0.6) is 0 Å². The minimum Gasteiger partial charge on any atom is -0.355 e. The second-order valence-electron chi connectivity index (χ2n) is 4.68. The lowest BCUT2D eigenvalue weighted by Crippen LogP contribution is -2.41. The van der Waals surface area contributed by atoms with Gasteiger partial charge in [0.15, 0.2) is 9.84 Å². The Kier molecular flexibility index (Phi) is 3.63. The first-order valence-corrected chi connectivity index (χ1v) is 7.89. The summed E-state index contributed by atoms with van der Waals surface area (Å²) in [7, 11) is 0.965. The highest BCUT2D eigenvalue weighted by Gasteiger charge is 2.26. The van der Waals surface area contributed by atoms with Crippen LogP contribution in [0.1, 0.15) is 11.3 Å². The number of nitrogens with one attached hydrogen (secondary N) is 1. The van der Waals surface area contributed by atoms with Crippen molar-refractivity contribution in [2.45, 2.75) is 13.5 Å². The molecule has 1 N–H and O–H groups in total. The number of aryl methyl sites for hydroxylation is 2. The van der Waals surface area contributed by atoms with Crippen LogP contribution in [0.2, 0.25) is 0 Å². The first kappa shape index (κ1) is 13.4. The van der Waals surface area contributed by atoms with Crippen LogP contribution in [0.3, 0.4) is 0 Å². The van der Waals surface area contributed by atoms with Crippen molar-refractivity contribution in [3.63, 3.8) is 0 Å². The number of rotatable bonds is 3. The number of anilines is 1. The fraction of sp³-hybridized carbons (Fsp3) is 0.727. The standard InChI is InChI=1S/C11H20N4O2S/c1-9-10(8-12-2)11(14(3)13-9)15-4-6-18(16,17)7-5-15/h12H,4-8H2,1-3H3. The molecule has 0 bridgehead atoms. The van der Waals surface area contributed by atoms with Gasteiger partial charge in [-0.05, 0) is 14.0 Å². The monoisotopic (exact) mass is 272 g/mol. The largest absolute Gasteiger partial charge is 0.355 e. The highest BCUT2D eigenvalue weighted by molar-refractivity contribution is 7.91. The third-order valence-corrected chi connectivity index (χ3v) is 4.92. The molecule has 6 nitrogen and oxygen atoms in total. The van der Waals surface area contributed by atoms with E-state index in [0.29, 0.717) is 13.1 Å². The van der Waals surface area contributed by atoms with E-state index in [4.69, 9.17) is 0 Å². The zero-order valence-electron chi connectivity index (χ0n) is 11.1. The molecule has 1 saturated heterocycles. The molecule has 0 unspecified atom stereocenters. The van der Waals surface area contributed by atoms with Crippen LogP contribution < -0.4 is 10.2 Å². The molecule has 0 atom stereocenters. The molecular weight excluding hydrogens is 252 g/mol. The number of aromatic nitrogens is 2. The van der Waals surface area contributed by atoms with Crippen molar-refractivity contribution in [3.05, 3.63) is 11.3 Å². The Morgan fingerprint density at radius 1 is 1.33 bits per heavy atom. The Morgan fingerprint density at radius 2 is 1.94 bits per heavy atom. The highest BCUT2D eigenvalue weighted by Crippen LogP contribution is 2.24. The smallest absolute Gasteiger partial charge is 0.153 e. The maximum absolute atomic E-state index is 11.5. The predicted molar refractivity (Wildman–Crippen MR) is 71.6 cm³/mol. The summed E-state index contributed by atoms with van der Waals surface area (Å²) >= 11 is 0. The molecule has 0 aliphatic carbocycles. The van der Waals surface area contributed by atoms with Gasteiger partial charge in [0.25, 0.3) is 0 Å². The van der Waals surface area contributed by atoms with Crippen LogP contribution in [0, 0.1) is 6.92 Å². The van der Waals surface area contributed by atoms with Crippen molar-refractivity contribution in [2.24, 2.45) is 7.05 Å². The van der Waals surface area contributed by atoms with E-state index < -0.39 is 9.84 Å². The Morgan fingerprint density at radius 3 is 2.50 bits per heavy atom. The third-order valence-electron chi connectivity index (χ3n) is 3.31. The molecule has 0 spiro atoms. The normalized spacial score (nSPS) is 19.2. The molecule has 2 rings (SSSR count). The van der Waals surface area contributed by atoms with E-state index in [1.165, 1.54) is 0 Å². The summed E-state index contributed by atoms with van der Waals surface area (Å²) in [6.45, 7) is 3.84. The molecule has 1 aromatic heterocycles. The van der Waals surface area contributed by atoms with Crippen LogP contribution in [-0.2, 0) is 23.4 Å². The second kappa shape index (κ2) is 4.89. The minimum absolute atomic E-state index is 0.232. The fourth-order valence-corrected chi connectivity index (χ4v) is 3.59. The average molecular weight is 272 g/mol. The van der Waals surface area contributed by atoms with E-state index >= 15 is 0 Å². The lowest BCUT2D eigenvalue weighted by Gasteiger charge is -2.29. The lowest BCUT2D eigenvalue weighted by atomic mass is 10.2. The average Bonchev–Trinajstić information content (AvgIpc) is 2.56.